The number of carbonyl (C=O) groups is 1. The van der Waals surface area contributed by atoms with Gasteiger partial charge in [0.1, 0.15) is 5.82 Å². The van der Waals surface area contributed by atoms with Gasteiger partial charge in [0.25, 0.3) is 0 Å². The molecule has 2 atom stereocenters. The van der Waals surface area contributed by atoms with E-state index in [0.29, 0.717) is 12.5 Å². The molecule has 5 rings (SSSR count). The third kappa shape index (κ3) is 3.36. The van der Waals surface area contributed by atoms with Crippen LogP contribution in [-0.2, 0) is 17.6 Å². The van der Waals surface area contributed by atoms with Crippen LogP contribution in [0, 0.1) is 0 Å². The van der Waals surface area contributed by atoms with Gasteiger partial charge in [-0.25, -0.2) is 14.5 Å². The van der Waals surface area contributed by atoms with E-state index in [0.717, 1.165) is 51.2 Å². The van der Waals surface area contributed by atoms with Gasteiger partial charge in [-0.3, -0.25) is 5.32 Å². The number of hydrogen-bond donors (Lipinski definition) is 1. The first-order valence-electron chi connectivity index (χ1n) is 9.93. The van der Waals surface area contributed by atoms with E-state index in [1.165, 1.54) is 28.4 Å². The Hall–Kier alpha value is -1.93. The van der Waals surface area contributed by atoms with Crippen molar-refractivity contribution in [2.24, 2.45) is 0 Å². The van der Waals surface area contributed by atoms with Crippen LogP contribution >= 0.6 is 11.3 Å². The van der Waals surface area contributed by atoms with Gasteiger partial charge in [0, 0.05) is 36.6 Å². The fraction of sp³-hybridized carbons (Fsp3) is 0.632. The van der Waals surface area contributed by atoms with Crippen molar-refractivity contribution in [1.82, 2.24) is 19.7 Å². The normalized spacial score (nSPS) is 25.0. The highest BCUT2D eigenvalue weighted by molar-refractivity contribution is 7.11. The van der Waals surface area contributed by atoms with Crippen LogP contribution in [0.4, 0.5) is 10.6 Å². The third-order valence-corrected chi connectivity index (χ3v) is 7.15. The number of aryl methyl sites for hydroxylation is 2. The number of thiazole rings is 1. The predicted molar refractivity (Wildman–Crippen MR) is 103 cm³/mol. The topological polar surface area (TPSA) is 72.3 Å². The molecule has 7 nitrogen and oxygen atoms in total. The second kappa shape index (κ2) is 7.24. The average Bonchev–Trinajstić information content (AvgIpc) is 3.44. The summed E-state index contributed by atoms with van der Waals surface area (Å²) in [6.07, 6.45) is 8.37. The fourth-order valence-electron chi connectivity index (χ4n) is 4.36. The lowest BCUT2D eigenvalue weighted by Crippen LogP contribution is -2.42. The lowest BCUT2D eigenvalue weighted by Gasteiger charge is -2.32. The van der Waals surface area contributed by atoms with E-state index in [1.54, 1.807) is 6.20 Å². The van der Waals surface area contributed by atoms with E-state index in [4.69, 9.17) is 9.72 Å². The molecule has 3 aliphatic rings. The summed E-state index contributed by atoms with van der Waals surface area (Å²) in [6, 6.07) is 2.04. The predicted octanol–water partition coefficient (Wildman–Crippen LogP) is 3.20. The number of fused-ring (bicyclic) bond motifs is 1. The molecule has 0 bridgehead atoms. The molecule has 1 aliphatic carbocycles. The second-order valence-electron chi connectivity index (χ2n) is 7.67. The molecular weight excluding hydrogens is 362 g/mol. The zero-order valence-electron chi connectivity index (χ0n) is 15.4. The minimum absolute atomic E-state index is 0.0375. The average molecular weight is 388 g/mol. The first-order valence-corrected chi connectivity index (χ1v) is 10.8. The quantitative estimate of drug-likeness (QED) is 0.878. The van der Waals surface area contributed by atoms with Crippen molar-refractivity contribution in [3.05, 3.63) is 27.8 Å². The minimum Gasteiger partial charge on any atom is -0.379 e. The molecule has 2 amide bonds. The van der Waals surface area contributed by atoms with Crippen LogP contribution < -0.4 is 5.32 Å². The highest BCUT2D eigenvalue weighted by Crippen LogP contribution is 2.35. The maximum absolute atomic E-state index is 12.9. The number of anilines is 1. The molecule has 4 heterocycles. The minimum atomic E-state index is -0.0375. The second-order valence-corrected chi connectivity index (χ2v) is 8.78. The molecule has 2 aliphatic heterocycles. The van der Waals surface area contributed by atoms with Crippen molar-refractivity contribution in [2.75, 3.05) is 31.6 Å². The number of carbonyl (C=O) groups excluding carboxylic acids is 1. The van der Waals surface area contributed by atoms with Crippen LogP contribution in [0.1, 0.15) is 53.2 Å². The number of amides is 2. The number of hydrogen-bond acceptors (Lipinski definition) is 5. The Morgan fingerprint density at radius 1 is 1.30 bits per heavy atom. The Kier molecular flexibility index (Phi) is 4.61. The van der Waals surface area contributed by atoms with Crippen molar-refractivity contribution in [3.63, 3.8) is 0 Å². The number of aromatic nitrogens is 3. The van der Waals surface area contributed by atoms with Gasteiger partial charge in [-0.05, 0) is 38.5 Å². The number of ether oxygens (including phenoxy) is 1. The number of urea groups is 1. The number of likely N-dealkylation sites (tertiary alicyclic amines) is 1. The molecule has 27 heavy (non-hydrogen) atoms. The Labute approximate surface area is 162 Å². The first kappa shape index (κ1) is 17.2. The highest BCUT2D eigenvalue weighted by atomic mass is 32.1. The van der Waals surface area contributed by atoms with Gasteiger partial charge in [-0.1, -0.05) is 0 Å². The SMILES string of the molecule is O=C(Nc1ccnn1C1CCOC1)N1CCCC(c2nc3c(s2)CCC3)C1. The van der Waals surface area contributed by atoms with Gasteiger partial charge in [0.15, 0.2) is 0 Å². The van der Waals surface area contributed by atoms with E-state index in [-0.39, 0.29) is 12.1 Å². The molecule has 2 aromatic rings. The summed E-state index contributed by atoms with van der Waals surface area (Å²) in [5.74, 6) is 1.12. The van der Waals surface area contributed by atoms with E-state index in [2.05, 4.69) is 10.4 Å². The van der Waals surface area contributed by atoms with Gasteiger partial charge in [0.2, 0.25) is 0 Å². The zero-order valence-corrected chi connectivity index (χ0v) is 16.2. The van der Waals surface area contributed by atoms with Crippen molar-refractivity contribution in [2.45, 2.75) is 50.5 Å². The summed E-state index contributed by atoms with van der Waals surface area (Å²) in [7, 11) is 0. The largest absolute Gasteiger partial charge is 0.379 e. The molecule has 2 saturated heterocycles. The Balaban J connectivity index is 1.25. The molecular formula is C19H25N5O2S. The number of nitrogens with one attached hydrogen (secondary N) is 1. The standard InChI is InChI=1S/C19H25N5O2S/c25-19(22-17-6-8-20-24(17)14-7-10-26-12-14)23-9-2-3-13(11-23)18-21-15-4-1-5-16(15)27-18/h6,8,13-14H,1-5,7,9-12H2,(H,22,25). The molecule has 0 saturated carbocycles. The van der Waals surface area contributed by atoms with Crippen molar-refractivity contribution in [3.8, 4) is 0 Å². The van der Waals surface area contributed by atoms with Gasteiger partial charge < -0.3 is 9.64 Å². The Morgan fingerprint density at radius 2 is 2.26 bits per heavy atom. The van der Waals surface area contributed by atoms with Gasteiger partial charge >= 0.3 is 6.03 Å². The van der Waals surface area contributed by atoms with Crippen LogP contribution in [0.3, 0.4) is 0 Å². The summed E-state index contributed by atoms with van der Waals surface area (Å²) in [6.45, 7) is 2.96. The number of rotatable bonds is 3. The third-order valence-electron chi connectivity index (χ3n) is 5.83. The van der Waals surface area contributed by atoms with Crippen LogP contribution in [0.5, 0.6) is 0 Å². The summed E-state index contributed by atoms with van der Waals surface area (Å²) in [5, 5.41) is 8.67. The number of nitrogens with zero attached hydrogens (tertiary/aromatic N) is 4. The summed E-state index contributed by atoms with van der Waals surface area (Å²) in [4.78, 5) is 21.2. The van der Waals surface area contributed by atoms with Crippen molar-refractivity contribution in [1.29, 1.82) is 0 Å². The summed E-state index contributed by atoms with van der Waals surface area (Å²) in [5.41, 5.74) is 1.30. The molecule has 144 valence electrons. The maximum Gasteiger partial charge on any atom is 0.323 e. The molecule has 1 N–H and O–H groups in total. The van der Waals surface area contributed by atoms with Crippen molar-refractivity contribution < 1.29 is 9.53 Å². The lowest BCUT2D eigenvalue weighted by atomic mass is 9.99. The number of piperidine rings is 1. The van der Waals surface area contributed by atoms with Crippen LogP contribution in [0.15, 0.2) is 12.3 Å². The lowest BCUT2D eigenvalue weighted by molar-refractivity contribution is 0.184. The van der Waals surface area contributed by atoms with Crippen LogP contribution in [0.25, 0.3) is 0 Å². The van der Waals surface area contributed by atoms with E-state index in [9.17, 15) is 4.79 Å². The molecule has 8 heteroatoms. The summed E-state index contributed by atoms with van der Waals surface area (Å²) >= 11 is 1.87. The Morgan fingerprint density at radius 3 is 3.11 bits per heavy atom. The van der Waals surface area contributed by atoms with Gasteiger partial charge in [0.05, 0.1) is 29.5 Å². The first-order chi connectivity index (χ1) is 13.3. The highest BCUT2D eigenvalue weighted by Gasteiger charge is 2.29. The van der Waals surface area contributed by atoms with E-state index < -0.39 is 0 Å². The van der Waals surface area contributed by atoms with Crippen molar-refractivity contribution >= 4 is 23.2 Å². The fourth-order valence-corrected chi connectivity index (χ4v) is 5.64. The maximum atomic E-state index is 12.9. The van der Waals surface area contributed by atoms with E-state index in [1.807, 2.05) is 27.0 Å². The van der Waals surface area contributed by atoms with Gasteiger partial charge in [-0.2, -0.15) is 5.10 Å². The van der Waals surface area contributed by atoms with Gasteiger partial charge in [-0.15, -0.1) is 11.3 Å². The molecule has 2 unspecified atom stereocenters. The molecule has 0 spiro atoms. The monoisotopic (exact) mass is 387 g/mol. The Bertz CT molecular complexity index is 804. The molecule has 2 fully saturated rings. The molecule has 0 radical (unpaired) electrons. The zero-order chi connectivity index (χ0) is 18.2. The van der Waals surface area contributed by atoms with Crippen LogP contribution in [0.2, 0.25) is 0 Å². The summed E-state index contributed by atoms with van der Waals surface area (Å²) < 4.78 is 7.34. The van der Waals surface area contributed by atoms with E-state index >= 15 is 0 Å². The molecule has 2 aromatic heterocycles. The van der Waals surface area contributed by atoms with Crippen LogP contribution in [-0.4, -0.2) is 52.0 Å². The molecule has 0 aromatic carbocycles. The smallest absolute Gasteiger partial charge is 0.323 e.